The van der Waals surface area contributed by atoms with Crippen LogP contribution in [-0.4, -0.2) is 40.5 Å². The van der Waals surface area contributed by atoms with Crippen LogP contribution in [0, 0.1) is 0 Å². The van der Waals surface area contributed by atoms with Crippen molar-refractivity contribution in [3.63, 3.8) is 0 Å². The summed E-state index contributed by atoms with van der Waals surface area (Å²) in [4.78, 5) is 29.7. The number of aromatic amines is 1. The van der Waals surface area contributed by atoms with Gasteiger partial charge in [0.25, 0.3) is 5.56 Å². The number of hydrogen-bond donors (Lipinski definition) is 2. The third-order valence-corrected chi connectivity index (χ3v) is 2.58. The highest BCUT2D eigenvalue weighted by atomic mass is 16.5. The second-order valence-corrected chi connectivity index (χ2v) is 4.03. The monoisotopic (exact) mass is 281 g/mol. The predicted octanol–water partition coefficient (Wildman–Crippen LogP) is -1.05. The molecular weight excluding hydrogens is 266 g/mol. The first-order valence-corrected chi connectivity index (χ1v) is 5.96. The van der Waals surface area contributed by atoms with Gasteiger partial charge in [0.1, 0.15) is 5.56 Å². The van der Waals surface area contributed by atoms with E-state index in [1.807, 2.05) is 0 Å². The minimum atomic E-state index is -0.555. The number of nitrogens with zero attached hydrogens (tertiary/aromatic N) is 3. The molecule has 0 amide bonds. The first-order valence-electron chi connectivity index (χ1n) is 5.96. The quantitative estimate of drug-likeness (QED) is 0.694. The Morgan fingerprint density at radius 2 is 2.30 bits per heavy atom. The Balaban J connectivity index is 2.39. The molecule has 0 radical (unpaired) electrons. The normalized spacial score (nSPS) is 10.9. The van der Waals surface area contributed by atoms with E-state index in [4.69, 9.17) is 9.26 Å². The van der Waals surface area contributed by atoms with Gasteiger partial charge in [0.05, 0.1) is 19.7 Å². The number of hydrogen-bond acceptors (Lipinski definition) is 7. The van der Waals surface area contributed by atoms with Crippen LogP contribution in [0.25, 0.3) is 11.4 Å². The van der Waals surface area contributed by atoms with Crippen molar-refractivity contribution < 1.29 is 9.26 Å². The second kappa shape index (κ2) is 6.26. The van der Waals surface area contributed by atoms with Crippen molar-refractivity contribution in [2.45, 2.75) is 13.1 Å². The third kappa shape index (κ3) is 3.00. The zero-order chi connectivity index (χ0) is 14.5. The van der Waals surface area contributed by atoms with Crippen LogP contribution in [0.15, 0.2) is 20.3 Å². The summed E-state index contributed by atoms with van der Waals surface area (Å²) in [6, 6.07) is 0. The molecule has 9 heteroatoms. The zero-order valence-electron chi connectivity index (χ0n) is 11.2. The van der Waals surface area contributed by atoms with Crippen LogP contribution in [0.5, 0.6) is 0 Å². The van der Waals surface area contributed by atoms with Gasteiger partial charge >= 0.3 is 5.69 Å². The maximum Gasteiger partial charge on any atom is 0.328 e. The molecule has 2 rings (SSSR count). The number of nitrogens with one attached hydrogen (secondary N) is 2. The molecule has 2 heterocycles. The third-order valence-electron chi connectivity index (χ3n) is 2.58. The minimum absolute atomic E-state index is 0.141. The molecule has 0 saturated carbocycles. The maximum absolute atomic E-state index is 11.8. The Bertz CT molecular complexity index is 687. The summed E-state index contributed by atoms with van der Waals surface area (Å²) in [7, 11) is 3.27. The lowest BCUT2D eigenvalue weighted by Gasteiger charge is -2.04. The summed E-state index contributed by atoms with van der Waals surface area (Å²) < 4.78 is 11.2. The Kier molecular flexibility index (Phi) is 4.43. The molecule has 0 atom stereocenters. The van der Waals surface area contributed by atoms with Crippen LogP contribution in [0.3, 0.4) is 0 Å². The van der Waals surface area contributed by atoms with Crippen LogP contribution in [-0.2, 0) is 17.8 Å². The van der Waals surface area contributed by atoms with Crippen molar-refractivity contribution in [1.82, 2.24) is 25.0 Å². The molecule has 0 saturated heterocycles. The summed E-state index contributed by atoms with van der Waals surface area (Å²) in [6.07, 6.45) is 1.40. The number of methoxy groups -OCH3 is 1. The van der Waals surface area contributed by atoms with Gasteiger partial charge in [0, 0.05) is 13.3 Å². The van der Waals surface area contributed by atoms with E-state index in [1.54, 1.807) is 7.05 Å². The lowest BCUT2D eigenvalue weighted by molar-refractivity contribution is 0.185. The lowest BCUT2D eigenvalue weighted by atomic mass is 10.3. The van der Waals surface area contributed by atoms with E-state index < -0.39 is 11.2 Å². The number of rotatable bonds is 6. The van der Waals surface area contributed by atoms with E-state index in [9.17, 15) is 9.59 Å². The van der Waals surface area contributed by atoms with E-state index in [-0.39, 0.29) is 11.4 Å². The summed E-state index contributed by atoms with van der Waals surface area (Å²) in [5.74, 6) is 0.499. The van der Waals surface area contributed by atoms with Crippen molar-refractivity contribution in [3.8, 4) is 11.4 Å². The van der Waals surface area contributed by atoms with E-state index in [0.717, 1.165) is 0 Å². The van der Waals surface area contributed by atoms with Gasteiger partial charge in [-0.05, 0) is 7.05 Å². The molecule has 0 unspecified atom stereocenters. The summed E-state index contributed by atoms with van der Waals surface area (Å²) in [5.41, 5.74) is -0.887. The van der Waals surface area contributed by atoms with Gasteiger partial charge in [-0.25, -0.2) is 4.79 Å². The second-order valence-electron chi connectivity index (χ2n) is 4.03. The van der Waals surface area contributed by atoms with E-state index in [0.29, 0.717) is 25.6 Å². The van der Waals surface area contributed by atoms with Gasteiger partial charge in [-0.15, -0.1) is 0 Å². The van der Waals surface area contributed by atoms with Crippen LogP contribution in [0.1, 0.15) is 5.89 Å². The largest absolute Gasteiger partial charge is 0.383 e. The summed E-state index contributed by atoms with van der Waals surface area (Å²) in [6.45, 7) is 1.07. The van der Waals surface area contributed by atoms with Gasteiger partial charge in [0.15, 0.2) is 0 Å². The average Bonchev–Trinajstić information content (AvgIpc) is 2.87. The standard InChI is InChI=1S/C11H15N5O4/c1-12-5-8-13-9(15-20-8)7-6-16(3-4-19-2)11(18)14-10(7)17/h6,12H,3-5H2,1-2H3,(H,14,17,18). The SMILES string of the molecule is CNCc1nc(-c2cn(CCOC)c(=O)[nH]c2=O)no1. The highest BCUT2D eigenvalue weighted by Gasteiger charge is 2.13. The molecule has 0 fully saturated rings. The van der Waals surface area contributed by atoms with Gasteiger partial charge < -0.3 is 14.6 Å². The predicted molar refractivity (Wildman–Crippen MR) is 69.3 cm³/mol. The Morgan fingerprint density at radius 1 is 1.50 bits per heavy atom. The Hall–Kier alpha value is -2.26. The molecule has 0 aromatic carbocycles. The van der Waals surface area contributed by atoms with E-state index >= 15 is 0 Å². The van der Waals surface area contributed by atoms with Gasteiger partial charge in [-0.1, -0.05) is 5.16 Å². The van der Waals surface area contributed by atoms with Gasteiger partial charge in [0.2, 0.25) is 11.7 Å². The van der Waals surface area contributed by atoms with Crippen molar-refractivity contribution in [3.05, 3.63) is 32.9 Å². The first-order chi connectivity index (χ1) is 9.65. The fourth-order valence-electron chi connectivity index (χ4n) is 1.61. The van der Waals surface area contributed by atoms with Crippen molar-refractivity contribution in [2.24, 2.45) is 0 Å². The number of aromatic nitrogens is 4. The molecule has 0 aliphatic carbocycles. The van der Waals surface area contributed by atoms with Crippen LogP contribution in [0.4, 0.5) is 0 Å². The van der Waals surface area contributed by atoms with Gasteiger partial charge in [-0.3, -0.25) is 14.3 Å². The molecule has 9 nitrogen and oxygen atoms in total. The molecule has 0 aliphatic rings. The molecule has 0 bridgehead atoms. The minimum Gasteiger partial charge on any atom is -0.383 e. The molecular formula is C11H15N5O4. The van der Waals surface area contributed by atoms with Gasteiger partial charge in [-0.2, -0.15) is 4.98 Å². The fourth-order valence-corrected chi connectivity index (χ4v) is 1.61. The van der Waals surface area contributed by atoms with Crippen molar-refractivity contribution in [2.75, 3.05) is 20.8 Å². The summed E-state index contributed by atoms with van der Waals surface area (Å²) >= 11 is 0. The summed E-state index contributed by atoms with van der Waals surface area (Å²) in [5, 5.41) is 6.58. The average molecular weight is 281 g/mol. The Labute approximate surface area is 113 Å². The first kappa shape index (κ1) is 14.2. The highest BCUT2D eigenvalue weighted by molar-refractivity contribution is 5.50. The molecule has 2 aromatic rings. The molecule has 108 valence electrons. The van der Waals surface area contributed by atoms with E-state index in [1.165, 1.54) is 17.9 Å². The lowest BCUT2D eigenvalue weighted by Crippen LogP contribution is -2.31. The highest BCUT2D eigenvalue weighted by Crippen LogP contribution is 2.09. The maximum atomic E-state index is 11.8. The smallest absolute Gasteiger partial charge is 0.328 e. The molecule has 2 N–H and O–H groups in total. The zero-order valence-corrected chi connectivity index (χ0v) is 11.2. The molecule has 20 heavy (non-hydrogen) atoms. The van der Waals surface area contributed by atoms with Crippen LogP contribution >= 0.6 is 0 Å². The van der Waals surface area contributed by atoms with Crippen LogP contribution in [0.2, 0.25) is 0 Å². The number of H-pyrrole nitrogens is 1. The molecule has 2 aromatic heterocycles. The Morgan fingerprint density at radius 3 is 3.00 bits per heavy atom. The molecule has 0 aliphatic heterocycles. The van der Waals surface area contributed by atoms with Crippen LogP contribution < -0.4 is 16.6 Å². The topological polar surface area (TPSA) is 115 Å². The number of ether oxygens (including phenoxy) is 1. The van der Waals surface area contributed by atoms with E-state index in [2.05, 4.69) is 20.4 Å². The molecule has 0 spiro atoms. The van der Waals surface area contributed by atoms with Crippen molar-refractivity contribution >= 4 is 0 Å². The fraction of sp³-hybridized carbons (Fsp3) is 0.455. The van der Waals surface area contributed by atoms with Crippen molar-refractivity contribution in [1.29, 1.82) is 0 Å².